The first-order valence-electron chi connectivity index (χ1n) is 8.20. The summed E-state index contributed by atoms with van der Waals surface area (Å²) in [5, 5.41) is 2.96. The van der Waals surface area contributed by atoms with Gasteiger partial charge in [-0.15, -0.1) is 11.3 Å². The second-order valence-electron chi connectivity index (χ2n) is 6.18. The molecule has 0 saturated heterocycles. The Morgan fingerprint density at radius 2 is 2.03 bits per heavy atom. The fraction of sp³-hybridized carbons (Fsp3) is 0.235. The lowest BCUT2D eigenvalue weighted by molar-refractivity contribution is -0.123. The van der Waals surface area contributed by atoms with Crippen LogP contribution in [-0.4, -0.2) is 35.2 Å². The number of carbonyl (C=O) groups is 1. The molecule has 3 aromatic rings. The van der Waals surface area contributed by atoms with Crippen LogP contribution in [0.5, 0.6) is 5.75 Å². The average Bonchev–Trinajstić information content (AvgIpc) is 3.26. The van der Waals surface area contributed by atoms with Crippen LogP contribution in [0.2, 0.25) is 10.0 Å². The van der Waals surface area contributed by atoms with Crippen LogP contribution in [0.15, 0.2) is 12.1 Å². The number of aromatic nitrogens is 2. The van der Waals surface area contributed by atoms with E-state index in [0.717, 1.165) is 16.9 Å². The van der Waals surface area contributed by atoms with Gasteiger partial charge in [0.15, 0.2) is 0 Å². The Hall–Kier alpha value is -2.30. The zero-order chi connectivity index (χ0) is 20.9. The molecule has 0 radical (unpaired) electrons. The lowest BCUT2D eigenvalue weighted by atomic mass is 10.00. The predicted molar refractivity (Wildman–Crippen MR) is 105 cm³/mol. The number of halogens is 5. The van der Waals surface area contributed by atoms with Gasteiger partial charge >= 0.3 is 6.18 Å². The van der Waals surface area contributed by atoms with E-state index >= 15 is 0 Å². The molecule has 0 saturated carbocycles. The van der Waals surface area contributed by atoms with E-state index in [1.807, 2.05) is 5.32 Å². The minimum atomic E-state index is -4.51. The first-order chi connectivity index (χ1) is 13.6. The third kappa shape index (κ3) is 3.79. The monoisotopic (exact) mass is 462 g/mol. The molecule has 3 N–H and O–H groups in total. The Balaban J connectivity index is 1.84. The van der Waals surface area contributed by atoms with Gasteiger partial charge in [-0.3, -0.25) is 4.79 Å². The number of alkyl halides is 3. The maximum atomic E-state index is 12.4. The van der Waals surface area contributed by atoms with Gasteiger partial charge in [-0.25, -0.2) is 9.97 Å². The number of nitrogens with two attached hydrogens (primary N) is 1. The van der Waals surface area contributed by atoms with E-state index in [4.69, 9.17) is 33.7 Å². The van der Waals surface area contributed by atoms with Crippen molar-refractivity contribution < 1.29 is 22.7 Å². The van der Waals surface area contributed by atoms with Crippen molar-refractivity contribution in [1.29, 1.82) is 0 Å². The summed E-state index contributed by atoms with van der Waals surface area (Å²) >= 11 is 13.5. The smallest absolute Gasteiger partial charge is 0.405 e. The lowest BCUT2D eigenvalue weighted by Crippen LogP contribution is -2.33. The number of anilines is 1. The van der Waals surface area contributed by atoms with Gasteiger partial charge in [-0.2, -0.15) is 13.2 Å². The minimum absolute atomic E-state index is 0.0448. The molecule has 0 spiro atoms. The number of hydrogen-bond donors (Lipinski definition) is 2. The Morgan fingerprint density at radius 1 is 1.28 bits per heavy atom. The van der Waals surface area contributed by atoms with Crippen LogP contribution in [0.3, 0.4) is 0 Å². The molecule has 29 heavy (non-hydrogen) atoms. The van der Waals surface area contributed by atoms with Crippen molar-refractivity contribution in [2.75, 3.05) is 18.9 Å². The molecule has 0 atom stereocenters. The van der Waals surface area contributed by atoms with Crippen molar-refractivity contribution in [3.8, 4) is 17.0 Å². The van der Waals surface area contributed by atoms with Crippen molar-refractivity contribution in [3.05, 3.63) is 32.6 Å². The highest BCUT2D eigenvalue weighted by atomic mass is 35.5. The van der Waals surface area contributed by atoms with Gasteiger partial charge < -0.3 is 15.8 Å². The highest BCUT2D eigenvalue weighted by molar-refractivity contribution is 7.20. The average molecular weight is 463 g/mol. The Kier molecular flexibility index (Phi) is 4.96. The molecule has 6 nitrogen and oxygen atoms in total. The summed E-state index contributed by atoms with van der Waals surface area (Å²) < 4.78 is 42.7. The first kappa shape index (κ1) is 20.0. The Bertz CT molecular complexity index is 1150. The zero-order valence-corrected chi connectivity index (χ0v) is 16.7. The van der Waals surface area contributed by atoms with Crippen LogP contribution in [-0.2, 0) is 6.42 Å². The van der Waals surface area contributed by atoms with E-state index < -0.39 is 18.6 Å². The standard InChI is InChI=1S/C17H11Cl2F3N4O2S/c18-8-4-9(19)13-6(1-2-28-13)11(8)12-7-3-10(14(27)24-5-17(20,21)22)29-15(7)26-16(23)25-12/h3-4H,1-2,5H2,(H,24,27)(H2,23,25,26). The number of amides is 1. The molecule has 0 fully saturated rings. The van der Waals surface area contributed by atoms with Crippen LogP contribution in [0, 0.1) is 0 Å². The largest absolute Gasteiger partial charge is 0.491 e. The molecule has 4 rings (SSSR count). The summed E-state index contributed by atoms with van der Waals surface area (Å²) in [5.41, 5.74) is 7.48. The van der Waals surface area contributed by atoms with Gasteiger partial charge in [0.25, 0.3) is 5.91 Å². The summed E-state index contributed by atoms with van der Waals surface area (Å²) in [7, 11) is 0. The Labute approximate surface area is 175 Å². The second kappa shape index (κ2) is 7.19. The van der Waals surface area contributed by atoms with Crippen LogP contribution in [0.4, 0.5) is 19.1 Å². The van der Waals surface area contributed by atoms with Crippen molar-refractivity contribution in [3.63, 3.8) is 0 Å². The third-order valence-corrected chi connectivity index (χ3v) is 5.81. The van der Waals surface area contributed by atoms with Crippen molar-refractivity contribution >= 4 is 56.6 Å². The number of nitrogens with one attached hydrogen (secondary N) is 1. The first-order valence-corrected chi connectivity index (χ1v) is 9.77. The molecule has 0 bridgehead atoms. The zero-order valence-electron chi connectivity index (χ0n) is 14.4. The van der Waals surface area contributed by atoms with E-state index in [9.17, 15) is 18.0 Å². The normalized spacial score (nSPS) is 13.4. The van der Waals surface area contributed by atoms with Crippen LogP contribution in [0.1, 0.15) is 15.2 Å². The number of benzene rings is 1. The maximum absolute atomic E-state index is 12.4. The van der Waals surface area contributed by atoms with Gasteiger partial charge in [0.2, 0.25) is 5.95 Å². The van der Waals surface area contributed by atoms with E-state index in [2.05, 4.69) is 9.97 Å². The molecule has 1 amide bonds. The van der Waals surface area contributed by atoms with Gasteiger partial charge in [-0.1, -0.05) is 23.2 Å². The number of carbonyl (C=O) groups excluding carboxylic acids is 1. The molecule has 0 unspecified atom stereocenters. The van der Waals surface area contributed by atoms with Crippen molar-refractivity contribution in [2.24, 2.45) is 0 Å². The fourth-order valence-corrected chi connectivity index (χ4v) is 4.67. The molecule has 12 heteroatoms. The number of hydrogen-bond acceptors (Lipinski definition) is 6. The molecule has 0 aliphatic carbocycles. The molecule has 152 valence electrons. The molecule has 1 aliphatic rings. The molecule has 3 heterocycles. The molecule has 1 aromatic carbocycles. The van der Waals surface area contributed by atoms with Crippen LogP contribution >= 0.6 is 34.5 Å². The SMILES string of the molecule is Nc1nc(-c2c(Cl)cc(Cl)c3c2CCO3)c2cc(C(=O)NCC(F)(F)F)sc2n1. The quantitative estimate of drug-likeness (QED) is 0.598. The number of nitrogens with zero attached hydrogens (tertiary/aromatic N) is 2. The van der Waals surface area contributed by atoms with Crippen molar-refractivity contribution in [2.45, 2.75) is 12.6 Å². The molecular weight excluding hydrogens is 452 g/mol. The van der Waals surface area contributed by atoms with Crippen LogP contribution < -0.4 is 15.8 Å². The minimum Gasteiger partial charge on any atom is -0.491 e. The highest BCUT2D eigenvalue weighted by Crippen LogP contribution is 2.46. The predicted octanol–water partition coefficient (Wildman–Crippen LogP) is 4.47. The van der Waals surface area contributed by atoms with E-state index in [1.54, 1.807) is 0 Å². The summed E-state index contributed by atoms with van der Waals surface area (Å²) in [4.78, 5) is 20.9. The number of rotatable bonds is 3. The summed E-state index contributed by atoms with van der Waals surface area (Å²) in [6.07, 6.45) is -3.97. The number of thiophene rings is 1. The second-order valence-corrected chi connectivity index (χ2v) is 8.02. The van der Waals surface area contributed by atoms with E-state index in [1.165, 1.54) is 12.1 Å². The van der Waals surface area contributed by atoms with E-state index in [0.29, 0.717) is 50.3 Å². The fourth-order valence-electron chi connectivity index (χ4n) is 3.06. The molecular formula is C17H11Cl2F3N4O2S. The summed E-state index contributed by atoms with van der Waals surface area (Å²) in [6.45, 7) is -1.02. The molecule has 2 aromatic heterocycles. The molecule has 1 aliphatic heterocycles. The number of fused-ring (bicyclic) bond motifs is 2. The topological polar surface area (TPSA) is 90.1 Å². The van der Waals surface area contributed by atoms with Crippen molar-refractivity contribution in [1.82, 2.24) is 15.3 Å². The van der Waals surface area contributed by atoms with Gasteiger partial charge in [-0.05, 0) is 12.1 Å². The third-order valence-electron chi connectivity index (χ3n) is 4.20. The van der Waals surface area contributed by atoms with Crippen LogP contribution in [0.25, 0.3) is 21.5 Å². The maximum Gasteiger partial charge on any atom is 0.405 e. The van der Waals surface area contributed by atoms with Gasteiger partial charge in [0, 0.05) is 22.9 Å². The van der Waals surface area contributed by atoms with Gasteiger partial charge in [0.1, 0.15) is 17.1 Å². The number of ether oxygens (including phenoxy) is 1. The van der Waals surface area contributed by atoms with E-state index in [-0.39, 0.29) is 10.8 Å². The lowest BCUT2D eigenvalue weighted by Gasteiger charge is -2.12. The summed E-state index contributed by atoms with van der Waals surface area (Å²) in [5.74, 6) is -0.435. The van der Waals surface area contributed by atoms with Gasteiger partial charge in [0.05, 0.1) is 27.2 Å². The highest BCUT2D eigenvalue weighted by Gasteiger charge is 2.29. The summed E-state index contributed by atoms with van der Waals surface area (Å²) in [6, 6.07) is 2.95. The Morgan fingerprint density at radius 3 is 2.76 bits per heavy atom. The number of nitrogen functional groups attached to an aromatic ring is 1.